The molecule has 0 aliphatic rings. The van der Waals surface area contributed by atoms with Crippen molar-refractivity contribution in [3.8, 4) is 0 Å². The Morgan fingerprint density at radius 2 is 1.74 bits per heavy atom. The normalized spacial score (nSPS) is 10.2. The van der Waals surface area contributed by atoms with E-state index in [0.717, 1.165) is 11.1 Å². The number of hydrogen-bond donors (Lipinski definition) is 1. The van der Waals surface area contributed by atoms with Gasteiger partial charge in [-0.3, -0.25) is 9.78 Å². The van der Waals surface area contributed by atoms with Gasteiger partial charge in [0.15, 0.2) is 0 Å². The number of carbonyl (C=O) groups is 2. The van der Waals surface area contributed by atoms with Gasteiger partial charge in [-0.2, -0.15) is 0 Å². The Morgan fingerprint density at radius 3 is 2.52 bits per heavy atom. The Balaban J connectivity index is 1.53. The third-order valence-electron chi connectivity index (χ3n) is 3.96. The third kappa shape index (κ3) is 5.78. The van der Waals surface area contributed by atoms with Crippen molar-refractivity contribution in [3.05, 3.63) is 95.8 Å². The number of amides is 1. The number of carbonyl (C=O) groups excluding carboxylic acids is 2. The van der Waals surface area contributed by atoms with E-state index in [1.807, 2.05) is 42.5 Å². The fourth-order valence-corrected chi connectivity index (χ4v) is 2.56. The number of anilines is 1. The van der Waals surface area contributed by atoms with Crippen LogP contribution in [0.15, 0.2) is 79.1 Å². The van der Waals surface area contributed by atoms with Gasteiger partial charge in [-0.05, 0) is 41.8 Å². The van der Waals surface area contributed by atoms with Crippen LogP contribution in [0.4, 0.5) is 5.69 Å². The van der Waals surface area contributed by atoms with Crippen LogP contribution in [0.5, 0.6) is 0 Å². The molecule has 2 aromatic carbocycles. The van der Waals surface area contributed by atoms with Gasteiger partial charge in [-0.15, -0.1) is 0 Å². The molecular weight excluding hydrogens is 340 g/mol. The lowest BCUT2D eigenvalue weighted by Crippen LogP contribution is -2.13. The van der Waals surface area contributed by atoms with E-state index in [9.17, 15) is 9.59 Å². The molecule has 136 valence electrons. The van der Waals surface area contributed by atoms with Crippen molar-refractivity contribution in [2.24, 2.45) is 0 Å². The van der Waals surface area contributed by atoms with E-state index < -0.39 is 5.97 Å². The minimum absolute atomic E-state index is 0.117. The highest BCUT2D eigenvalue weighted by atomic mass is 16.5. The highest BCUT2D eigenvalue weighted by molar-refractivity contribution is 5.94. The van der Waals surface area contributed by atoms with Crippen molar-refractivity contribution >= 4 is 17.6 Å². The Bertz CT molecular complexity index is 896. The zero-order valence-electron chi connectivity index (χ0n) is 14.8. The molecule has 0 aliphatic carbocycles. The highest BCUT2D eigenvalue weighted by Crippen LogP contribution is 2.14. The first-order valence-corrected chi connectivity index (χ1v) is 8.70. The summed E-state index contributed by atoms with van der Waals surface area (Å²) in [6.07, 6.45) is 4.40. The molecule has 5 heteroatoms. The molecule has 0 unspecified atom stereocenters. The molecule has 0 bridgehead atoms. The maximum Gasteiger partial charge on any atom is 0.338 e. The second-order valence-electron chi connectivity index (χ2n) is 6.05. The molecule has 0 saturated carbocycles. The van der Waals surface area contributed by atoms with Crippen LogP contribution in [0, 0.1) is 0 Å². The van der Waals surface area contributed by atoms with Crippen molar-refractivity contribution in [3.63, 3.8) is 0 Å². The second kappa shape index (κ2) is 9.29. The summed E-state index contributed by atoms with van der Waals surface area (Å²) in [6.45, 7) is 0.210. The van der Waals surface area contributed by atoms with E-state index in [4.69, 9.17) is 4.74 Å². The number of rotatable bonds is 7. The van der Waals surface area contributed by atoms with Crippen LogP contribution in [-0.4, -0.2) is 16.9 Å². The number of aromatic nitrogens is 1. The number of pyridine rings is 1. The maximum atomic E-state index is 12.2. The van der Waals surface area contributed by atoms with Crippen LogP contribution < -0.4 is 5.32 Å². The summed E-state index contributed by atoms with van der Waals surface area (Å²) in [4.78, 5) is 28.4. The molecule has 3 rings (SSSR count). The van der Waals surface area contributed by atoms with E-state index in [0.29, 0.717) is 24.1 Å². The van der Waals surface area contributed by atoms with Gasteiger partial charge in [0, 0.05) is 24.5 Å². The largest absolute Gasteiger partial charge is 0.457 e. The Morgan fingerprint density at radius 1 is 0.926 bits per heavy atom. The van der Waals surface area contributed by atoms with E-state index in [1.165, 1.54) is 0 Å². The number of nitrogens with one attached hydrogen (secondary N) is 1. The first-order chi connectivity index (χ1) is 13.2. The van der Waals surface area contributed by atoms with Crippen molar-refractivity contribution < 1.29 is 14.3 Å². The summed E-state index contributed by atoms with van der Waals surface area (Å²) in [7, 11) is 0. The molecule has 1 N–H and O–H groups in total. The molecule has 0 radical (unpaired) electrons. The van der Waals surface area contributed by atoms with Gasteiger partial charge in [-0.25, -0.2) is 4.79 Å². The smallest absolute Gasteiger partial charge is 0.338 e. The molecule has 1 aromatic heterocycles. The summed E-state index contributed by atoms with van der Waals surface area (Å²) < 4.78 is 5.32. The van der Waals surface area contributed by atoms with Crippen LogP contribution in [0.1, 0.15) is 27.9 Å². The van der Waals surface area contributed by atoms with E-state index >= 15 is 0 Å². The summed E-state index contributed by atoms with van der Waals surface area (Å²) in [6, 6.07) is 20.0. The van der Waals surface area contributed by atoms with Gasteiger partial charge >= 0.3 is 5.97 Å². The first kappa shape index (κ1) is 18.3. The molecule has 0 spiro atoms. The first-order valence-electron chi connectivity index (χ1n) is 8.70. The molecule has 1 heterocycles. The summed E-state index contributed by atoms with van der Waals surface area (Å²) in [5.41, 5.74) is 2.90. The Kier molecular flexibility index (Phi) is 6.30. The van der Waals surface area contributed by atoms with E-state index in [-0.39, 0.29) is 12.5 Å². The lowest BCUT2D eigenvalue weighted by atomic mass is 10.1. The molecule has 1 amide bonds. The SMILES string of the molecule is O=C(CCc1cccnc1)Nc1cccc(C(=O)OCc2ccccc2)c1. The number of esters is 1. The minimum atomic E-state index is -0.426. The van der Waals surface area contributed by atoms with Gasteiger partial charge in [0.05, 0.1) is 5.56 Å². The predicted molar refractivity (Wildman–Crippen MR) is 103 cm³/mol. The second-order valence-corrected chi connectivity index (χ2v) is 6.05. The molecular formula is C22H20N2O3. The van der Waals surface area contributed by atoms with Crippen molar-refractivity contribution in [2.75, 3.05) is 5.32 Å². The summed E-state index contributed by atoms with van der Waals surface area (Å²) in [5.74, 6) is -0.543. The number of benzene rings is 2. The molecule has 3 aromatic rings. The van der Waals surface area contributed by atoms with Crippen molar-refractivity contribution in [1.82, 2.24) is 4.98 Å². The van der Waals surface area contributed by atoms with Gasteiger partial charge in [-0.1, -0.05) is 42.5 Å². The zero-order chi connectivity index (χ0) is 18.9. The minimum Gasteiger partial charge on any atom is -0.457 e. The lowest BCUT2D eigenvalue weighted by Gasteiger charge is -2.08. The molecule has 0 aliphatic heterocycles. The van der Waals surface area contributed by atoms with E-state index in [2.05, 4.69) is 10.3 Å². The Labute approximate surface area is 158 Å². The van der Waals surface area contributed by atoms with Crippen LogP contribution in [-0.2, 0) is 22.6 Å². The third-order valence-corrected chi connectivity index (χ3v) is 3.96. The molecule has 0 atom stereocenters. The van der Waals surface area contributed by atoms with Crippen LogP contribution in [0.3, 0.4) is 0 Å². The standard InChI is InChI=1S/C22H20N2O3/c25-21(12-11-17-8-5-13-23-15-17)24-20-10-4-9-19(14-20)22(26)27-16-18-6-2-1-3-7-18/h1-10,13-15H,11-12,16H2,(H,24,25). The zero-order valence-corrected chi connectivity index (χ0v) is 14.8. The average Bonchev–Trinajstić information content (AvgIpc) is 2.72. The molecule has 27 heavy (non-hydrogen) atoms. The van der Waals surface area contributed by atoms with Gasteiger partial charge in [0.25, 0.3) is 0 Å². The van der Waals surface area contributed by atoms with Crippen LogP contribution in [0.25, 0.3) is 0 Å². The van der Waals surface area contributed by atoms with Gasteiger partial charge < -0.3 is 10.1 Å². The average molecular weight is 360 g/mol. The van der Waals surface area contributed by atoms with Crippen molar-refractivity contribution in [2.45, 2.75) is 19.4 Å². The van der Waals surface area contributed by atoms with Crippen LogP contribution >= 0.6 is 0 Å². The molecule has 0 saturated heterocycles. The fraction of sp³-hybridized carbons (Fsp3) is 0.136. The number of nitrogens with zero attached hydrogens (tertiary/aromatic N) is 1. The maximum absolute atomic E-state index is 12.2. The quantitative estimate of drug-likeness (QED) is 0.647. The fourth-order valence-electron chi connectivity index (χ4n) is 2.56. The lowest BCUT2D eigenvalue weighted by molar-refractivity contribution is -0.116. The van der Waals surface area contributed by atoms with Gasteiger partial charge in [0.1, 0.15) is 6.61 Å². The molecule has 5 nitrogen and oxygen atoms in total. The Hall–Kier alpha value is -3.47. The summed E-state index contributed by atoms with van der Waals surface area (Å²) in [5, 5.41) is 2.81. The van der Waals surface area contributed by atoms with Gasteiger partial charge in [0.2, 0.25) is 5.91 Å². The number of hydrogen-bond acceptors (Lipinski definition) is 4. The number of aryl methyl sites for hydroxylation is 1. The topological polar surface area (TPSA) is 68.3 Å². The molecule has 0 fully saturated rings. The van der Waals surface area contributed by atoms with Crippen molar-refractivity contribution in [1.29, 1.82) is 0 Å². The highest BCUT2D eigenvalue weighted by Gasteiger charge is 2.10. The predicted octanol–water partition coefficient (Wildman–Crippen LogP) is 4.01. The van der Waals surface area contributed by atoms with E-state index in [1.54, 1.807) is 36.7 Å². The number of ether oxygens (including phenoxy) is 1. The summed E-state index contributed by atoms with van der Waals surface area (Å²) >= 11 is 0. The van der Waals surface area contributed by atoms with Crippen LogP contribution in [0.2, 0.25) is 0 Å². The monoisotopic (exact) mass is 360 g/mol.